The molecule has 2 aromatic carbocycles. The summed E-state index contributed by atoms with van der Waals surface area (Å²) in [4.78, 5) is 39.5. The van der Waals surface area contributed by atoms with Gasteiger partial charge in [-0.3, -0.25) is 9.35 Å². The van der Waals surface area contributed by atoms with Crippen molar-refractivity contribution in [2.24, 2.45) is 5.41 Å². The number of benzene rings is 2. The molecule has 0 aliphatic carbocycles. The number of ether oxygens (including phenoxy) is 3. The van der Waals surface area contributed by atoms with Crippen molar-refractivity contribution in [2.75, 3.05) is 12.4 Å². The van der Waals surface area contributed by atoms with E-state index in [0.29, 0.717) is 22.3 Å². The Kier molecular flexibility index (Phi) is 8.46. The third-order valence-electron chi connectivity index (χ3n) is 5.40. The predicted octanol–water partition coefficient (Wildman–Crippen LogP) is 3.49. The fourth-order valence-electron chi connectivity index (χ4n) is 3.68. The summed E-state index contributed by atoms with van der Waals surface area (Å²) in [6.45, 7) is 10.8. The highest BCUT2D eigenvalue weighted by Crippen LogP contribution is 2.32. The van der Waals surface area contributed by atoms with Crippen molar-refractivity contribution in [1.29, 1.82) is 0 Å². The van der Waals surface area contributed by atoms with Crippen LogP contribution in [0.5, 0.6) is 11.5 Å². The van der Waals surface area contributed by atoms with Crippen LogP contribution in [0, 0.1) is 47.0 Å². The minimum absolute atomic E-state index is 0.174. The van der Waals surface area contributed by atoms with E-state index in [2.05, 4.69) is 0 Å². The average Bonchev–Trinajstić information content (AvgIpc) is 2.71. The van der Waals surface area contributed by atoms with Crippen LogP contribution in [0.15, 0.2) is 24.3 Å². The van der Waals surface area contributed by atoms with Gasteiger partial charge in [0.15, 0.2) is 0 Å². The molecule has 0 saturated carbocycles. The quantitative estimate of drug-likeness (QED) is 0.247. The van der Waals surface area contributed by atoms with Crippen LogP contribution in [-0.2, 0) is 29.2 Å². The van der Waals surface area contributed by atoms with E-state index in [4.69, 9.17) is 18.8 Å². The number of esters is 3. The van der Waals surface area contributed by atoms with Crippen molar-refractivity contribution < 1.29 is 41.6 Å². The van der Waals surface area contributed by atoms with Gasteiger partial charge in [0.1, 0.15) is 23.9 Å². The lowest BCUT2D eigenvalue weighted by Crippen LogP contribution is -2.49. The van der Waals surface area contributed by atoms with Crippen LogP contribution < -0.4 is 9.47 Å². The lowest BCUT2D eigenvalue weighted by atomic mass is 9.90. The van der Waals surface area contributed by atoms with Crippen LogP contribution in [0.25, 0.3) is 0 Å². The molecule has 0 spiro atoms. The first-order chi connectivity index (χ1) is 16.1. The Morgan fingerprint density at radius 1 is 0.743 bits per heavy atom. The van der Waals surface area contributed by atoms with Crippen LogP contribution in [0.4, 0.5) is 0 Å². The standard InChI is InChI=1S/C25H30O9S/c1-14-10-16(3)20(17(4)11-14)33-23(27)25(7,22(26)32-8-9-35(29,30)31)24(28)34-21-18(5)12-15(2)13-19(21)6/h10-13H,8-9H2,1-7H3,(H,29,30,31). The molecule has 1 N–H and O–H groups in total. The zero-order valence-electron chi connectivity index (χ0n) is 20.8. The fraction of sp³-hybridized carbons (Fsp3) is 0.400. The first-order valence-electron chi connectivity index (χ1n) is 10.8. The topological polar surface area (TPSA) is 133 Å². The molecule has 0 fully saturated rings. The second-order valence-corrected chi connectivity index (χ2v) is 10.4. The molecule has 0 aliphatic rings. The second kappa shape index (κ2) is 10.6. The number of hydrogen-bond donors (Lipinski definition) is 1. The predicted molar refractivity (Wildman–Crippen MR) is 128 cm³/mol. The van der Waals surface area contributed by atoms with Crippen molar-refractivity contribution in [1.82, 2.24) is 0 Å². The normalized spacial score (nSPS) is 11.7. The van der Waals surface area contributed by atoms with Crippen LogP contribution in [-0.4, -0.2) is 43.2 Å². The molecule has 0 heterocycles. The number of carbonyl (C=O) groups is 3. The summed E-state index contributed by atoms with van der Waals surface area (Å²) in [7, 11) is -4.44. The average molecular weight is 507 g/mol. The van der Waals surface area contributed by atoms with Gasteiger partial charge in [-0.05, 0) is 70.7 Å². The van der Waals surface area contributed by atoms with E-state index in [1.54, 1.807) is 52.0 Å². The lowest BCUT2D eigenvalue weighted by Gasteiger charge is -2.25. The summed E-state index contributed by atoms with van der Waals surface area (Å²) in [6, 6.07) is 7.09. The SMILES string of the molecule is Cc1cc(C)c(OC(=O)C(C)(C(=O)OCCS(=O)(=O)O)C(=O)Oc2c(C)cc(C)cc2C)c(C)c1. The fourth-order valence-corrected chi connectivity index (χ4v) is 3.97. The van der Waals surface area contributed by atoms with E-state index in [0.717, 1.165) is 18.1 Å². The Morgan fingerprint density at radius 2 is 1.09 bits per heavy atom. The molecule has 9 nitrogen and oxygen atoms in total. The minimum Gasteiger partial charge on any atom is -0.463 e. The Labute approximate surface area is 205 Å². The third kappa shape index (κ3) is 6.67. The maximum atomic E-state index is 13.3. The van der Waals surface area contributed by atoms with E-state index in [-0.39, 0.29) is 11.5 Å². The minimum atomic E-state index is -4.44. The second-order valence-electron chi connectivity index (χ2n) is 8.78. The van der Waals surface area contributed by atoms with Gasteiger partial charge in [-0.2, -0.15) is 8.42 Å². The summed E-state index contributed by atoms with van der Waals surface area (Å²) >= 11 is 0. The number of rotatable bonds is 8. The molecule has 190 valence electrons. The number of hydrogen-bond acceptors (Lipinski definition) is 8. The maximum absolute atomic E-state index is 13.3. The maximum Gasteiger partial charge on any atom is 0.340 e. The van der Waals surface area contributed by atoms with Gasteiger partial charge in [0.05, 0.1) is 0 Å². The highest BCUT2D eigenvalue weighted by atomic mass is 32.2. The van der Waals surface area contributed by atoms with Crippen molar-refractivity contribution in [2.45, 2.75) is 48.5 Å². The largest absolute Gasteiger partial charge is 0.463 e. The molecule has 10 heteroatoms. The van der Waals surface area contributed by atoms with Gasteiger partial charge in [-0.1, -0.05) is 35.4 Å². The number of aryl methyl sites for hydroxylation is 6. The molecule has 2 rings (SSSR count). The highest BCUT2D eigenvalue weighted by molar-refractivity contribution is 7.85. The summed E-state index contributed by atoms with van der Waals surface area (Å²) in [5, 5.41) is 0. The molecular weight excluding hydrogens is 476 g/mol. The van der Waals surface area contributed by atoms with Gasteiger partial charge in [-0.15, -0.1) is 0 Å². The van der Waals surface area contributed by atoms with E-state index in [1.165, 1.54) is 0 Å². The van der Waals surface area contributed by atoms with E-state index in [9.17, 15) is 22.8 Å². The van der Waals surface area contributed by atoms with Gasteiger partial charge < -0.3 is 14.2 Å². The number of carbonyl (C=O) groups excluding carboxylic acids is 3. The Balaban J connectivity index is 2.46. The van der Waals surface area contributed by atoms with Crippen LogP contribution in [0.2, 0.25) is 0 Å². The van der Waals surface area contributed by atoms with Crippen LogP contribution in [0.3, 0.4) is 0 Å². The monoisotopic (exact) mass is 506 g/mol. The Bertz CT molecular complexity index is 1160. The van der Waals surface area contributed by atoms with Crippen molar-refractivity contribution >= 4 is 28.0 Å². The molecule has 0 aliphatic heterocycles. The molecule has 0 unspecified atom stereocenters. The van der Waals surface area contributed by atoms with Gasteiger partial charge in [0.2, 0.25) is 0 Å². The van der Waals surface area contributed by atoms with Crippen LogP contribution in [0.1, 0.15) is 40.3 Å². The highest BCUT2D eigenvalue weighted by Gasteiger charge is 2.54. The molecule has 35 heavy (non-hydrogen) atoms. The molecule has 0 radical (unpaired) electrons. The Morgan fingerprint density at radius 3 is 1.40 bits per heavy atom. The molecule has 0 aromatic heterocycles. The summed E-state index contributed by atoms with van der Waals surface area (Å²) in [5.74, 6) is -4.44. The molecule has 0 bridgehead atoms. The first kappa shape index (κ1) is 28.0. The van der Waals surface area contributed by atoms with Crippen LogP contribution >= 0.6 is 0 Å². The molecular formula is C25H30O9S. The van der Waals surface area contributed by atoms with Gasteiger partial charge in [0, 0.05) is 0 Å². The summed E-state index contributed by atoms with van der Waals surface area (Å²) in [6.07, 6.45) is 0. The Hall–Kier alpha value is -3.24. The molecule has 0 amide bonds. The lowest BCUT2D eigenvalue weighted by molar-refractivity contribution is -0.174. The van der Waals surface area contributed by atoms with Gasteiger partial charge in [-0.25, -0.2) is 9.59 Å². The van der Waals surface area contributed by atoms with E-state index >= 15 is 0 Å². The smallest absolute Gasteiger partial charge is 0.340 e. The van der Waals surface area contributed by atoms with Crippen molar-refractivity contribution in [3.63, 3.8) is 0 Å². The van der Waals surface area contributed by atoms with E-state index < -0.39 is 45.8 Å². The third-order valence-corrected chi connectivity index (χ3v) is 6.08. The van der Waals surface area contributed by atoms with Crippen molar-refractivity contribution in [3.05, 3.63) is 57.6 Å². The summed E-state index contributed by atoms with van der Waals surface area (Å²) < 4.78 is 46.8. The van der Waals surface area contributed by atoms with Gasteiger partial charge >= 0.3 is 17.9 Å². The zero-order chi connectivity index (χ0) is 26.7. The first-order valence-corrected chi connectivity index (χ1v) is 12.4. The van der Waals surface area contributed by atoms with Gasteiger partial charge in [0.25, 0.3) is 15.5 Å². The van der Waals surface area contributed by atoms with Crippen molar-refractivity contribution in [3.8, 4) is 11.5 Å². The molecule has 2 aromatic rings. The van der Waals surface area contributed by atoms with E-state index in [1.807, 2.05) is 13.8 Å². The molecule has 0 saturated heterocycles. The summed E-state index contributed by atoms with van der Waals surface area (Å²) in [5.41, 5.74) is 1.70. The zero-order valence-corrected chi connectivity index (χ0v) is 21.7. The molecule has 0 atom stereocenters.